The van der Waals surface area contributed by atoms with Gasteiger partial charge in [0.15, 0.2) is 5.37 Å². The minimum atomic E-state index is -0.588. The van der Waals surface area contributed by atoms with E-state index in [1.165, 1.54) is 10.5 Å². The zero-order chi connectivity index (χ0) is 15.7. The number of carbonyl (C=O) groups excluding carboxylic acids is 2. The highest BCUT2D eigenvalue weighted by atomic mass is 32.2. The van der Waals surface area contributed by atoms with Gasteiger partial charge in [0.05, 0.1) is 5.69 Å². The van der Waals surface area contributed by atoms with E-state index in [1.54, 1.807) is 12.1 Å². The van der Waals surface area contributed by atoms with Crippen LogP contribution >= 0.6 is 11.8 Å². The lowest BCUT2D eigenvalue weighted by atomic mass is 10.1. The first-order valence-electron chi connectivity index (χ1n) is 6.99. The molecular formula is C17H16N2O2S. The number of hydrogen-bond donors (Lipinski definition) is 1. The van der Waals surface area contributed by atoms with Crippen LogP contribution in [0.15, 0.2) is 48.5 Å². The largest absolute Gasteiger partial charge is 0.365 e. The van der Waals surface area contributed by atoms with Gasteiger partial charge >= 0.3 is 0 Å². The lowest BCUT2D eigenvalue weighted by Gasteiger charge is -2.15. The lowest BCUT2D eigenvalue weighted by molar-refractivity contribution is -0.116. The molecule has 0 unspecified atom stereocenters. The van der Waals surface area contributed by atoms with Crippen LogP contribution in [0.4, 0.5) is 16.2 Å². The number of nitrogens with one attached hydrogen (secondary N) is 1. The molecule has 0 aliphatic carbocycles. The molecular weight excluding hydrogens is 296 g/mol. The van der Waals surface area contributed by atoms with Crippen molar-refractivity contribution in [3.63, 3.8) is 0 Å². The smallest absolute Gasteiger partial charge is 0.295 e. The number of thioether (sulfide) groups is 1. The molecule has 2 aromatic carbocycles. The molecule has 4 nitrogen and oxygen atoms in total. The maximum Gasteiger partial charge on any atom is 0.295 e. The topological polar surface area (TPSA) is 49.4 Å². The number of aryl methyl sites for hydroxylation is 2. The first-order chi connectivity index (χ1) is 10.6. The minimum absolute atomic E-state index is 0.237. The fourth-order valence-corrected chi connectivity index (χ4v) is 3.20. The summed E-state index contributed by atoms with van der Waals surface area (Å²) < 4.78 is 0. The van der Waals surface area contributed by atoms with Crippen LogP contribution < -0.4 is 10.2 Å². The molecule has 1 aliphatic rings. The normalized spacial score (nSPS) is 17.9. The van der Waals surface area contributed by atoms with Gasteiger partial charge in [0.25, 0.3) is 11.1 Å². The van der Waals surface area contributed by atoms with Crippen LogP contribution in [0.1, 0.15) is 11.1 Å². The van der Waals surface area contributed by atoms with Gasteiger partial charge in [-0.05, 0) is 61.0 Å². The van der Waals surface area contributed by atoms with E-state index in [0.29, 0.717) is 5.69 Å². The molecule has 0 radical (unpaired) electrons. The van der Waals surface area contributed by atoms with E-state index in [9.17, 15) is 9.59 Å². The predicted molar refractivity (Wildman–Crippen MR) is 90.2 cm³/mol. The Morgan fingerprint density at radius 2 is 1.73 bits per heavy atom. The van der Waals surface area contributed by atoms with Gasteiger partial charge in [0.2, 0.25) is 0 Å². The Morgan fingerprint density at radius 1 is 1.00 bits per heavy atom. The molecule has 0 aromatic heterocycles. The Bertz CT molecular complexity index is 731. The van der Waals surface area contributed by atoms with E-state index < -0.39 is 5.37 Å². The van der Waals surface area contributed by atoms with Gasteiger partial charge < -0.3 is 5.32 Å². The Morgan fingerprint density at radius 3 is 2.41 bits per heavy atom. The molecule has 1 atom stereocenters. The van der Waals surface area contributed by atoms with Gasteiger partial charge in [-0.1, -0.05) is 24.3 Å². The molecule has 1 heterocycles. The second-order valence-corrected chi connectivity index (χ2v) is 6.27. The number of hydrogen-bond acceptors (Lipinski definition) is 4. The van der Waals surface area contributed by atoms with Crippen molar-refractivity contribution >= 4 is 34.3 Å². The third kappa shape index (κ3) is 2.72. The summed E-state index contributed by atoms with van der Waals surface area (Å²) in [6, 6.07) is 14.9. The number of imide groups is 1. The van der Waals surface area contributed by atoms with E-state index in [4.69, 9.17) is 0 Å². The highest BCUT2D eigenvalue weighted by Crippen LogP contribution is 2.32. The third-order valence-electron chi connectivity index (χ3n) is 3.66. The number of rotatable bonds is 3. The first-order valence-corrected chi connectivity index (χ1v) is 7.87. The summed E-state index contributed by atoms with van der Waals surface area (Å²) in [6.45, 7) is 4.06. The zero-order valence-electron chi connectivity index (χ0n) is 12.4. The number of para-hydroxylation sites is 1. The van der Waals surface area contributed by atoms with E-state index in [1.807, 2.05) is 50.2 Å². The molecule has 0 saturated carbocycles. The molecule has 1 fully saturated rings. The highest BCUT2D eigenvalue weighted by Gasteiger charge is 2.40. The summed E-state index contributed by atoms with van der Waals surface area (Å²) in [5.74, 6) is -0.237. The van der Waals surface area contributed by atoms with Crippen LogP contribution in [0.3, 0.4) is 0 Å². The van der Waals surface area contributed by atoms with Crippen LogP contribution in [-0.4, -0.2) is 16.5 Å². The average molecular weight is 312 g/mol. The maximum atomic E-state index is 12.5. The van der Waals surface area contributed by atoms with Crippen molar-refractivity contribution in [2.24, 2.45) is 0 Å². The summed E-state index contributed by atoms with van der Waals surface area (Å²) in [5, 5.41) is 2.30. The summed E-state index contributed by atoms with van der Waals surface area (Å²) in [7, 11) is 0. The summed E-state index contributed by atoms with van der Waals surface area (Å²) >= 11 is 1.01. The van der Waals surface area contributed by atoms with Gasteiger partial charge in [-0.15, -0.1) is 0 Å². The van der Waals surface area contributed by atoms with Crippen LogP contribution in [0.25, 0.3) is 0 Å². The van der Waals surface area contributed by atoms with E-state index in [0.717, 1.165) is 23.0 Å². The van der Waals surface area contributed by atoms with Crippen LogP contribution in [0, 0.1) is 13.8 Å². The number of carbonyl (C=O) groups is 2. The fraction of sp³-hybridized carbons (Fsp3) is 0.176. The van der Waals surface area contributed by atoms with Crippen LogP contribution in [-0.2, 0) is 4.79 Å². The molecule has 22 heavy (non-hydrogen) atoms. The molecule has 3 rings (SSSR count). The summed E-state index contributed by atoms with van der Waals surface area (Å²) in [6.07, 6.45) is 0. The maximum absolute atomic E-state index is 12.5. The summed E-state index contributed by atoms with van der Waals surface area (Å²) in [5.41, 5.74) is 3.79. The number of amides is 2. The molecule has 2 amide bonds. The van der Waals surface area contributed by atoms with Crippen molar-refractivity contribution in [3.05, 3.63) is 59.7 Å². The van der Waals surface area contributed by atoms with Gasteiger partial charge in [-0.3, -0.25) is 9.59 Å². The van der Waals surface area contributed by atoms with Crippen molar-refractivity contribution in [1.29, 1.82) is 0 Å². The minimum Gasteiger partial charge on any atom is -0.365 e. The quantitative estimate of drug-likeness (QED) is 0.932. The van der Waals surface area contributed by atoms with Crippen molar-refractivity contribution in [3.8, 4) is 0 Å². The third-order valence-corrected chi connectivity index (χ3v) is 4.60. The number of benzene rings is 2. The van der Waals surface area contributed by atoms with Crippen molar-refractivity contribution in [2.45, 2.75) is 19.2 Å². The van der Waals surface area contributed by atoms with Crippen LogP contribution in [0.2, 0.25) is 0 Å². The lowest BCUT2D eigenvalue weighted by Crippen LogP contribution is -2.34. The molecule has 112 valence electrons. The van der Waals surface area contributed by atoms with Gasteiger partial charge in [0, 0.05) is 5.69 Å². The Hall–Kier alpha value is -2.27. The van der Waals surface area contributed by atoms with Crippen molar-refractivity contribution < 1.29 is 9.59 Å². The van der Waals surface area contributed by atoms with Gasteiger partial charge in [-0.2, -0.15) is 0 Å². The van der Waals surface area contributed by atoms with E-state index >= 15 is 0 Å². The van der Waals surface area contributed by atoms with Gasteiger partial charge in [-0.25, -0.2) is 4.90 Å². The SMILES string of the molecule is Cc1ccc(N[C@H]2SC(=O)N(c3ccccc3)C2=O)cc1C. The van der Waals surface area contributed by atoms with Crippen molar-refractivity contribution in [1.82, 2.24) is 0 Å². The first kappa shape index (κ1) is 14.7. The molecule has 1 N–H and O–H groups in total. The number of anilines is 2. The van der Waals surface area contributed by atoms with Crippen LogP contribution in [0.5, 0.6) is 0 Å². The fourth-order valence-electron chi connectivity index (χ4n) is 2.29. The van der Waals surface area contributed by atoms with Crippen molar-refractivity contribution in [2.75, 3.05) is 10.2 Å². The predicted octanol–water partition coefficient (Wildman–Crippen LogP) is 3.94. The zero-order valence-corrected chi connectivity index (χ0v) is 13.2. The Balaban J connectivity index is 1.80. The van der Waals surface area contributed by atoms with E-state index in [2.05, 4.69) is 5.32 Å². The standard InChI is InChI=1S/C17H16N2O2S/c1-11-8-9-13(10-12(11)2)18-15-16(20)19(17(21)22-15)14-6-4-3-5-7-14/h3-10,15,18H,1-2H3/t15-/m0/s1. The Kier molecular flexibility index (Phi) is 3.90. The molecule has 1 saturated heterocycles. The second-order valence-electron chi connectivity index (χ2n) is 5.22. The highest BCUT2D eigenvalue weighted by molar-refractivity contribution is 8.16. The monoisotopic (exact) mass is 312 g/mol. The number of nitrogens with zero attached hydrogens (tertiary/aromatic N) is 1. The summed E-state index contributed by atoms with van der Waals surface area (Å²) in [4.78, 5) is 25.9. The molecule has 2 aromatic rings. The molecule has 0 bridgehead atoms. The molecule has 5 heteroatoms. The Labute approximate surface area is 133 Å². The molecule has 1 aliphatic heterocycles. The molecule has 0 spiro atoms. The average Bonchev–Trinajstić information content (AvgIpc) is 2.78. The van der Waals surface area contributed by atoms with E-state index in [-0.39, 0.29) is 11.1 Å². The second kappa shape index (κ2) is 5.85. The van der Waals surface area contributed by atoms with Gasteiger partial charge in [0.1, 0.15) is 0 Å².